The van der Waals surface area contributed by atoms with E-state index in [-0.39, 0.29) is 25.5 Å². The number of likely N-dealkylation sites (N-methyl/N-ethyl adjacent to an activating group) is 1. The lowest BCUT2D eigenvalue weighted by Gasteiger charge is -2.18. The molecular weight excluding hydrogens is 380 g/mol. The van der Waals surface area contributed by atoms with Gasteiger partial charge in [-0.05, 0) is 60.9 Å². The van der Waals surface area contributed by atoms with Crippen molar-refractivity contribution >= 4 is 23.5 Å². The summed E-state index contributed by atoms with van der Waals surface area (Å²) in [5, 5.41) is 2.84. The highest BCUT2D eigenvalue weighted by molar-refractivity contribution is 5.96. The molecule has 1 aliphatic carbocycles. The first-order valence-corrected chi connectivity index (χ1v) is 10.2. The Hall–Kier alpha value is -3.15. The quantitative estimate of drug-likeness (QED) is 0.715. The molecule has 0 spiro atoms. The SMILES string of the molecule is Cc1cccc(C)c1NC(=O)CN(C)C(=O)COC(=O)Cc1ccc2c(c1)CCC2. The summed E-state index contributed by atoms with van der Waals surface area (Å²) >= 11 is 0. The molecule has 0 saturated heterocycles. The number of nitrogens with one attached hydrogen (secondary N) is 1. The Kier molecular flexibility index (Phi) is 6.87. The van der Waals surface area contributed by atoms with Crippen LogP contribution < -0.4 is 5.32 Å². The fraction of sp³-hybridized carbons (Fsp3) is 0.375. The molecule has 3 rings (SSSR count). The second-order valence-electron chi connectivity index (χ2n) is 7.86. The van der Waals surface area contributed by atoms with Crippen molar-refractivity contribution < 1.29 is 19.1 Å². The number of nitrogens with zero attached hydrogens (tertiary/aromatic N) is 1. The number of carbonyl (C=O) groups is 3. The zero-order valence-corrected chi connectivity index (χ0v) is 17.8. The third kappa shape index (κ3) is 5.47. The van der Waals surface area contributed by atoms with Crippen molar-refractivity contribution in [3.63, 3.8) is 0 Å². The average molecular weight is 408 g/mol. The molecule has 0 fully saturated rings. The Morgan fingerprint density at radius 3 is 2.47 bits per heavy atom. The van der Waals surface area contributed by atoms with Crippen LogP contribution in [0.15, 0.2) is 36.4 Å². The number of carbonyl (C=O) groups excluding carboxylic acids is 3. The van der Waals surface area contributed by atoms with Crippen molar-refractivity contribution in [1.82, 2.24) is 4.90 Å². The number of para-hydroxylation sites is 1. The summed E-state index contributed by atoms with van der Waals surface area (Å²) in [4.78, 5) is 37.9. The van der Waals surface area contributed by atoms with E-state index in [0.717, 1.165) is 41.6 Å². The number of hydrogen-bond acceptors (Lipinski definition) is 4. The van der Waals surface area contributed by atoms with Crippen molar-refractivity contribution in [2.24, 2.45) is 0 Å². The van der Waals surface area contributed by atoms with Gasteiger partial charge >= 0.3 is 5.97 Å². The predicted octanol–water partition coefficient (Wildman–Crippen LogP) is 2.97. The van der Waals surface area contributed by atoms with E-state index in [4.69, 9.17) is 4.74 Å². The highest BCUT2D eigenvalue weighted by atomic mass is 16.5. The second-order valence-corrected chi connectivity index (χ2v) is 7.86. The summed E-state index contributed by atoms with van der Waals surface area (Å²) < 4.78 is 5.12. The summed E-state index contributed by atoms with van der Waals surface area (Å²) in [5.74, 6) is -1.17. The molecule has 6 nitrogen and oxygen atoms in total. The molecule has 0 saturated carbocycles. The molecule has 0 radical (unpaired) electrons. The zero-order chi connectivity index (χ0) is 21.7. The van der Waals surface area contributed by atoms with Crippen LogP contribution in [0.4, 0.5) is 5.69 Å². The smallest absolute Gasteiger partial charge is 0.310 e. The molecule has 2 aromatic rings. The van der Waals surface area contributed by atoms with Crippen molar-refractivity contribution in [3.05, 3.63) is 64.2 Å². The Labute approximate surface area is 177 Å². The van der Waals surface area contributed by atoms with E-state index in [1.807, 2.05) is 38.1 Å². The van der Waals surface area contributed by atoms with Gasteiger partial charge < -0.3 is 15.0 Å². The summed E-state index contributed by atoms with van der Waals surface area (Å²) in [7, 11) is 1.51. The first-order valence-electron chi connectivity index (χ1n) is 10.2. The highest BCUT2D eigenvalue weighted by Gasteiger charge is 2.17. The van der Waals surface area contributed by atoms with Crippen molar-refractivity contribution in [2.45, 2.75) is 39.5 Å². The van der Waals surface area contributed by atoms with E-state index in [9.17, 15) is 14.4 Å². The fourth-order valence-corrected chi connectivity index (χ4v) is 3.70. The molecule has 158 valence electrons. The van der Waals surface area contributed by atoms with Crippen LogP contribution in [0.3, 0.4) is 0 Å². The van der Waals surface area contributed by atoms with Gasteiger partial charge in [0.2, 0.25) is 5.91 Å². The topological polar surface area (TPSA) is 75.7 Å². The number of ether oxygens (including phenoxy) is 1. The molecule has 0 atom stereocenters. The molecule has 0 heterocycles. The molecular formula is C24H28N2O4. The van der Waals surface area contributed by atoms with E-state index >= 15 is 0 Å². The number of esters is 1. The molecule has 6 heteroatoms. The van der Waals surface area contributed by atoms with E-state index in [1.54, 1.807) is 0 Å². The largest absolute Gasteiger partial charge is 0.455 e. The Morgan fingerprint density at radius 1 is 1.03 bits per heavy atom. The maximum Gasteiger partial charge on any atom is 0.310 e. The van der Waals surface area contributed by atoms with Crippen LogP contribution in [0, 0.1) is 13.8 Å². The van der Waals surface area contributed by atoms with Crippen molar-refractivity contribution in [3.8, 4) is 0 Å². The number of aryl methyl sites for hydroxylation is 4. The summed E-state index contributed by atoms with van der Waals surface area (Å²) in [6.07, 6.45) is 3.43. The van der Waals surface area contributed by atoms with Crippen LogP contribution >= 0.6 is 0 Å². The third-order valence-corrected chi connectivity index (χ3v) is 5.42. The van der Waals surface area contributed by atoms with Gasteiger partial charge in [-0.3, -0.25) is 14.4 Å². The minimum atomic E-state index is -0.449. The minimum absolute atomic E-state index is 0.116. The van der Waals surface area contributed by atoms with Gasteiger partial charge in [0.15, 0.2) is 6.61 Å². The molecule has 1 N–H and O–H groups in total. The van der Waals surface area contributed by atoms with Crippen molar-refractivity contribution in [1.29, 1.82) is 0 Å². The second kappa shape index (κ2) is 9.57. The maximum atomic E-state index is 12.3. The molecule has 0 aliphatic heterocycles. The zero-order valence-electron chi connectivity index (χ0n) is 17.8. The number of amides is 2. The highest BCUT2D eigenvalue weighted by Crippen LogP contribution is 2.23. The number of benzene rings is 2. The van der Waals surface area contributed by atoms with Crippen LogP contribution in [0.25, 0.3) is 0 Å². The van der Waals surface area contributed by atoms with Crippen LogP contribution in [-0.4, -0.2) is 42.9 Å². The lowest BCUT2D eigenvalue weighted by Crippen LogP contribution is -2.37. The Balaban J connectivity index is 1.44. The van der Waals surface area contributed by atoms with Gasteiger partial charge in [0.25, 0.3) is 5.91 Å². The first-order chi connectivity index (χ1) is 14.3. The van der Waals surface area contributed by atoms with Gasteiger partial charge in [-0.2, -0.15) is 0 Å². The first kappa shape index (κ1) is 21.6. The van der Waals surface area contributed by atoms with Crippen LogP contribution in [0.5, 0.6) is 0 Å². The monoisotopic (exact) mass is 408 g/mol. The van der Waals surface area contributed by atoms with Crippen LogP contribution in [-0.2, 0) is 38.4 Å². The number of anilines is 1. The normalized spacial score (nSPS) is 12.2. The molecule has 0 bridgehead atoms. The summed E-state index contributed by atoms with van der Waals surface area (Å²) in [6, 6.07) is 11.8. The Bertz CT molecular complexity index is 947. The standard InChI is InChI=1S/C24H28N2O4/c1-16-6-4-7-17(2)24(16)25-21(27)14-26(3)22(28)15-30-23(29)13-18-10-11-19-8-5-9-20(19)12-18/h4,6-7,10-12H,5,8-9,13-15H2,1-3H3,(H,25,27). The fourth-order valence-electron chi connectivity index (χ4n) is 3.70. The van der Waals surface area contributed by atoms with Gasteiger partial charge in [-0.15, -0.1) is 0 Å². The van der Waals surface area contributed by atoms with Crippen LogP contribution in [0.1, 0.15) is 34.2 Å². The minimum Gasteiger partial charge on any atom is -0.455 e. The molecule has 30 heavy (non-hydrogen) atoms. The van der Waals surface area contributed by atoms with E-state index in [0.29, 0.717) is 0 Å². The molecule has 1 aliphatic rings. The maximum absolute atomic E-state index is 12.3. The molecule has 2 aromatic carbocycles. The summed E-state index contributed by atoms with van der Waals surface area (Å²) in [5.41, 5.74) is 6.21. The van der Waals surface area contributed by atoms with E-state index < -0.39 is 11.9 Å². The molecule has 0 aromatic heterocycles. The van der Waals surface area contributed by atoms with Gasteiger partial charge in [0, 0.05) is 12.7 Å². The van der Waals surface area contributed by atoms with E-state index in [2.05, 4.69) is 17.4 Å². The number of rotatable bonds is 7. The lowest BCUT2D eigenvalue weighted by atomic mass is 10.0. The number of fused-ring (bicyclic) bond motifs is 1. The third-order valence-electron chi connectivity index (χ3n) is 5.42. The van der Waals surface area contributed by atoms with Gasteiger partial charge in [-0.1, -0.05) is 36.4 Å². The van der Waals surface area contributed by atoms with Crippen molar-refractivity contribution in [2.75, 3.05) is 25.5 Å². The summed E-state index contributed by atoms with van der Waals surface area (Å²) in [6.45, 7) is 3.34. The predicted molar refractivity (Wildman–Crippen MR) is 115 cm³/mol. The Morgan fingerprint density at radius 2 is 1.73 bits per heavy atom. The van der Waals surface area contributed by atoms with Gasteiger partial charge in [0.1, 0.15) is 0 Å². The molecule has 0 unspecified atom stereocenters. The van der Waals surface area contributed by atoms with Gasteiger partial charge in [-0.25, -0.2) is 0 Å². The number of hydrogen-bond donors (Lipinski definition) is 1. The van der Waals surface area contributed by atoms with Gasteiger partial charge in [0.05, 0.1) is 13.0 Å². The lowest BCUT2D eigenvalue weighted by molar-refractivity contribution is -0.151. The molecule has 2 amide bonds. The van der Waals surface area contributed by atoms with E-state index in [1.165, 1.54) is 23.1 Å². The average Bonchev–Trinajstić information content (AvgIpc) is 3.17. The van der Waals surface area contributed by atoms with Crippen LogP contribution in [0.2, 0.25) is 0 Å².